The van der Waals surface area contributed by atoms with Crippen molar-refractivity contribution < 1.29 is 37.0 Å². The molecule has 2 aromatic carbocycles. The third-order valence-electron chi connectivity index (χ3n) is 6.17. The topological polar surface area (TPSA) is 80.0 Å². The van der Waals surface area contributed by atoms with E-state index in [1.54, 1.807) is 45.0 Å². The van der Waals surface area contributed by atoms with Crippen LogP contribution < -0.4 is 4.74 Å². The first-order valence-electron chi connectivity index (χ1n) is 11.1. The molecule has 2 heterocycles. The van der Waals surface area contributed by atoms with Crippen LogP contribution in [0.25, 0.3) is 5.76 Å². The maximum absolute atomic E-state index is 13.2. The molecular weight excluding hydrogens is 475 g/mol. The van der Waals surface area contributed by atoms with Crippen LogP contribution in [0.2, 0.25) is 0 Å². The molecule has 0 aliphatic carbocycles. The Morgan fingerprint density at radius 2 is 1.78 bits per heavy atom. The largest absolute Gasteiger partial charge is 0.507 e. The molecule has 4 rings (SSSR count). The van der Waals surface area contributed by atoms with Crippen molar-refractivity contribution in [2.75, 3.05) is 7.11 Å². The average molecular weight is 499 g/mol. The summed E-state index contributed by atoms with van der Waals surface area (Å²) in [4.78, 5) is 27.4. The van der Waals surface area contributed by atoms with Crippen molar-refractivity contribution in [2.45, 2.75) is 39.5 Å². The molecule has 1 amide bonds. The minimum absolute atomic E-state index is 0.177. The molecular formula is C27H24F3NO5. The van der Waals surface area contributed by atoms with Gasteiger partial charge in [0.05, 0.1) is 18.2 Å². The van der Waals surface area contributed by atoms with E-state index in [2.05, 4.69) is 0 Å². The van der Waals surface area contributed by atoms with Crippen molar-refractivity contribution in [2.24, 2.45) is 0 Å². The molecule has 9 heteroatoms. The first-order chi connectivity index (χ1) is 16.9. The Hall–Kier alpha value is -4.01. The van der Waals surface area contributed by atoms with Gasteiger partial charge in [-0.05, 0) is 73.9 Å². The van der Waals surface area contributed by atoms with E-state index < -0.39 is 35.2 Å². The van der Waals surface area contributed by atoms with Gasteiger partial charge in [0.1, 0.15) is 29.1 Å². The molecule has 1 unspecified atom stereocenters. The number of ketones is 1. The Bertz CT molecular complexity index is 1390. The van der Waals surface area contributed by atoms with Crippen molar-refractivity contribution in [1.82, 2.24) is 4.90 Å². The number of likely N-dealkylation sites (tertiary alicyclic amines) is 1. The number of halogens is 3. The highest BCUT2D eigenvalue weighted by Crippen LogP contribution is 2.42. The van der Waals surface area contributed by atoms with E-state index in [4.69, 9.17) is 9.15 Å². The van der Waals surface area contributed by atoms with Crippen molar-refractivity contribution in [3.8, 4) is 5.75 Å². The third-order valence-corrected chi connectivity index (χ3v) is 6.17. The van der Waals surface area contributed by atoms with Gasteiger partial charge in [0, 0.05) is 12.1 Å². The summed E-state index contributed by atoms with van der Waals surface area (Å²) in [6, 6.07) is 9.98. The summed E-state index contributed by atoms with van der Waals surface area (Å²) in [5.41, 5.74) is 0.747. The molecule has 1 fully saturated rings. The number of hydrogen-bond donors (Lipinski definition) is 1. The number of furan rings is 1. The van der Waals surface area contributed by atoms with Crippen molar-refractivity contribution in [3.05, 3.63) is 93.4 Å². The van der Waals surface area contributed by atoms with Crippen molar-refractivity contribution in [3.63, 3.8) is 0 Å². The number of carbonyl (C=O) groups is 2. The van der Waals surface area contributed by atoms with Gasteiger partial charge in [0.25, 0.3) is 11.7 Å². The molecule has 1 N–H and O–H groups in total. The summed E-state index contributed by atoms with van der Waals surface area (Å²) in [5, 5.41) is 11.3. The molecule has 0 radical (unpaired) electrons. The van der Waals surface area contributed by atoms with Crippen LogP contribution in [0.3, 0.4) is 0 Å². The van der Waals surface area contributed by atoms with Gasteiger partial charge in [-0.3, -0.25) is 9.59 Å². The summed E-state index contributed by atoms with van der Waals surface area (Å²) in [6.45, 7) is 4.88. The maximum Gasteiger partial charge on any atom is 0.416 e. The molecule has 1 aromatic heterocycles. The number of methoxy groups -OCH3 is 1. The zero-order valence-corrected chi connectivity index (χ0v) is 20.1. The predicted octanol–water partition coefficient (Wildman–Crippen LogP) is 5.85. The van der Waals surface area contributed by atoms with Gasteiger partial charge < -0.3 is 19.2 Å². The van der Waals surface area contributed by atoms with E-state index in [9.17, 15) is 27.9 Å². The van der Waals surface area contributed by atoms with Crippen LogP contribution in [0.15, 0.2) is 58.5 Å². The van der Waals surface area contributed by atoms with E-state index >= 15 is 0 Å². The van der Waals surface area contributed by atoms with Crippen molar-refractivity contribution in [1.29, 1.82) is 0 Å². The number of aliphatic hydroxyl groups is 1. The van der Waals surface area contributed by atoms with E-state index in [1.165, 1.54) is 19.2 Å². The van der Waals surface area contributed by atoms with Gasteiger partial charge in [0.15, 0.2) is 0 Å². The van der Waals surface area contributed by atoms with Gasteiger partial charge in [-0.25, -0.2) is 0 Å². The fourth-order valence-electron chi connectivity index (χ4n) is 4.39. The Balaban J connectivity index is 1.86. The number of aliphatic hydroxyl groups excluding tert-OH is 1. The van der Waals surface area contributed by atoms with Gasteiger partial charge in [0.2, 0.25) is 0 Å². The second kappa shape index (κ2) is 9.22. The molecule has 1 saturated heterocycles. The van der Waals surface area contributed by atoms with E-state index in [-0.39, 0.29) is 23.4 Å². The lowest BCUT2D eigenvalue weighted by molar-refractivity contribution is -0.140. The molecule has 3 aromatic rings. The summed E-state index contributed by atoms with van der Waals surface area (Å²) >= 11 is 0. The number of amides is 1. The van der Waals surface area contributed by atoms with Crippen LogP contribution in [0.4, 0.5) is 13.2 Å². The zero-order chi connectivity index (χ0) is 26.4. The predicted molar refractivity (Wildman–Crippen MR) is 125 cm³/mol. The lowest BCUT2D eigenvalue weighted by Crippen LogP contribution is -2.29. The summed E-state index contributed by atoms with van der Waals surface area (Å²) in [7, 11) is 1.51. The molecule has 188 valence electrons. The van der Waals surface area contributed by atoms with Crippen LogP contribution in [-0.2, 0) is 22.3 Å². The smallest absolute Gasteiger partial charge is 0.416 e. The SMILES string of the molecule is COc1cc(C)c(/C(O)=C2\C(=O)C(=O)N(Cc3cccc(C(F)(F)F)c3)C2c2ccc(C)o2)cc1C. The Kier molecular flexibility index (Phi) is 6.43. The second-order valence-corrected chi connectivity index (χ2v) is 8.71. The molecule has 1 aliphatic rings. The third kappa shape index (κ3) is 4.48. The van der Waals surface area contributed by atoms with E-state index in [0.29, 0.717) is 28.2 Å². The van der Waals surface area contributed by atoms with Gasteiger partial charge in [-0.2, -0.15) is 13.2 Å². The Morgan fingerprint density at radius 3 is 2.39 bits per heavy atom. The van der Waals surface area contributed by atoms with Crippen LogP contribution in [0.1, 0.15) is 45.4 Å². The minimum Gasteiger partial charge on any atom is -0.507 e. The number of aryl methyl sites for hydroxylation is 3. The fraction of sp³-hybridized carbons (Fsp3) is 0.259. The van der Waals surface area contributed by atoms with Gasteiger partial charge >= 0.3 is 6.18 Å². The Morgan fingerprint density at radius 1 is 1.06 bits per heavy atom. The second-order valence-electron chi connectivity index (χ2n) is 8.71. The first kappa shape index (κ1) is 25.1. The number of Topliss-reactive ketones (excluding diaryl/α,β-unsaturated/α-hetero) is 1. The highest BCUT2D eigenvalue weighted by molar-refractivity contribution is 6.46. The molecule has 0 saturated carbocycles. The van der Waals surface area contributed by atoms with Crippen LogP contribution in [-0.4, -0.2) is 28.8 Å². The van der Waals surface area contributed by atoms with Gasteiger partial charge in [-0.15, -0.1) is 0 Å². The molecule has 0 spiro atoms. The number of nitrogens with zero attached hydrogens (tertiary/aromatic N) is 1. The normalized spacial score (nSPS) is 17.6. The highest BCUT2D eigenvalue weighted by atomic mass is 19.4. The van der Waals surface area contributed by atoms with Crippen LogP contribution >= 0.6 is 0 Å². The monoisotopic (exact) mass is 499 g/mol. The first-order valence-corrected chi connectivity index (χ1v) is 11.1. The van der Waals surface area contributed by atoms with Crippen LogP contribution in [0, 0.1) is 20.8 Å². The minimum atomic E-state index is -4.56. The van der Waals surface area contributed by atoms with Crippen LogP contribution in [0.5, 0.6) is 5.75 Å². The van der Waals surface area contributed by atoms with Crippen molar-refractivity contribution >= 4 is 17.4 Å². The Labute approximate surface area is 205 Å². The number of alkyl halides is 3. The fourth-order valence-corrected chi connectivity index (χ4v) is 4.39. The standard InChI is InChI=1S/C27H24F3NO5/c1-14-11-21(35-4)15(2)10-19(14)24(32)22-23(20-9-8-16(3)36-20)31(26(34)25(22)33)13-17-6-5-7-18(12-17)27(28,29)30/h5-12,23,32H,13H2,1-4H3/b24-22+. The number of benzene rings is 2. The maximum atomic E-state index is 13.2. The zero-order valence-electron chi connectivity index (χ0n) is 20.1. The molecule has 1 aliphatic heterocycles. The van der Waals surface area contributed by atoms with E-state index in [0.717, 1.165) is 17.0 Å². The number of carbonyl (C=O) groups excluding carboxylic acids is 2. The highest BCUT2D eigenvalue weighted by Gasteiger charge is 2.47. The average Bonchev–Trinajstić information content (AvgIpc) is 3.35. The summed E-state index contributed by atoms with van der Waals surface area (Å²) in [5.74, 6) is -0.994. The molecule has 36 heavy (non-hydrogen) atoms. The number of ether oxygens (including phenoxy) is 1. The summed E-state index contributed by atoms with van der Waals surface area (Å²) < 4.78 is 50.8. The number of hydrogen-bond acceptors (Lipinski definition) is 5. The molecule has 0 bridgehead atoms. The lowest BCUT2D eigenvalue weighted by atomic mass is 9.95. The molecule has 1 atom stereocenters. The van der Waals surface area contributed by atoms with E-state index in [1.807, 2.05) is 0 Å². The molecule has 6 nitrogen and oxygen atoms in total. The lowest BCUT2D eigenvalue weighted by Gasteiger charge is -2.24. The van der Waals surface area contributed by atoms with Gasteiger partial charge in [-0.1, -0.05) is 12.1 Å². The summed E-state index contributed by atoms with van der Waals surface area (Å²) in [6.07, 6.45) is -4.56. The number of rotatable bonds is 5. The quantitative estimate of drug-likeness (QED) is 0.271.